The van der Waals surface area contributed by atoms with Crippen molar-refractivity contribution in [3.8, 4) is 0 Å². The Balaban J connectivity index is 1.52. The van der Waals surface area contributed by atoms with E-state index in [0.29, 0.717) is 20.9 Å². The van der Waals surface area contributed by atoms with Crippen LogP contribution in [0, 0.1) is 0 Å². The summed E-state index contributed by atoms with van der Waals surface area (Å²) >= 11 is 1.19. The molecule has 0 atom stereocenters. The smallest absolute Gasteiger partial charge is 0.419 e. The van der Waals surface area contributed by atoms with Crippen LogP contribution in [0.3, 0.4) is 0 Å². The summed E-state index contributed by atoms with van der Waals surface area (Å²) in [5.74, 6) is -0.590. The molecule has 1 N–H and O–H groups in total. The van der Waals surface area contributed by atoms with Gasteiger partial charge in [-0.3, -0.25) is 9.36 Å². The topological polar surface area (TPSA) is 112 Å². The lowest BCUT2D eigenvalue weighted by Crippen LogP contribution is -2.22. The molecule has 1 aromatic carbocycles. The molecule has 28 heavy (non-hydrogen) atoms. The zero-order valence-corrected chi connectivity index (χ0v) is 16.2. The van der Waals surface area contributed by atoms with Crippen LogP contribution in [-0.2, 0) is 23.6 Å². The fourth-order valence-corrected chi connectivity index (χ4v) is 4.66. The molecule has 0 amide bonds. The second kappa shape index (κ2) is 6.89. The van der Waals surface area contributed by atoms with Gasteiger partial charge in [0.25, 0.3) is 0 Å². The number of fused-ring (bicyclic) bond motifs is 1. The predicted molar refractivity (Wildman–Crippen MR) is 102 cm³/mol. The van der Waals surface area contributed by atoms with E-state index in [4.69, 9.17) is 8.83 Å². The number of aromatic nitrogens is 1. The number of thiophene rings is 1. The zero-order chi connectivity index (χ0) is 19.9. The number of carbonyl (C=O) groups excluding carboxylic acids is 1. The van der Waals surface area contributed by atoms with Gasteiger partial charge in [0.05, 0.1) is 21.6 Å². The molecule has 0 bridgehead atoms. The summed E-state index contributed by atoms with van der Waals surface area (Å²) in [5, 5.41) is 0. The lowest BCUT2D eigenvalue weighted by molar-refractivity contribution is 0.101. The molecule has 0 aliphatic rings. The highest BCUT2D eigenvalue weighted by molar-refractivity contribution is 7.89. The molecular formula is C18H14N2O6S2. The van der Waals surface area contributed by atoms with Crippen molar-refractivity contribution in [3.63, 3.8) is 0 Å². The Morgan fingerprint density at radius 1 is 1.21 bits per heavy atom. The molecule has 8 nitrogen and oxygen atoms in total. The number of benzene rings is 1. The molecule has 4 rings (SSSR count). The number of aryl methyl sites for hydroxylation is 1. The van der Waals surface area contributed by atoms with Gasteiger partial charge in [0.1, 0.15) is 0 Å². The molecule has 3 aromatic heterocycles. The van der Waals surface area contributed by atoms with Crippen molar-refractivity contribution < 1.29 is 22.0 Å². The van der Waals surface area contributed by atoms with Gasteiger partial charge in [-0.05, 0) is 42.5 Å². The number of hydrogen-bond acceptors (Lipinski definition) is 7. The number of furan rings is 1. The molecule has 0 aliphatic carbocycles. The molecule has 4 aromatic rings. The Morgan fingerprint density at radius 2 is 2.04 bits per heavy atom. The van der Waals surface area contributed by atoms with E-state index >= 15 is 0 Å². The summed E-state index contributed by atoms with van der Waals surface area (Å²) in [6.07, 6.45) is 1.42. The van der Waals surface area contributed by atoms with Gasteiger partial charge in [0, 0.05) is 18.5 Å². The number of ketones is 1. The van der Waals surface area contributed by atoms with Crippen LogP contribution in [0.5, 0.6) is 0 Å². The number of nitrogens with one attached hydrogen (secondary N) is 1. The summed E-state index contributed by atoms with van der Waals surface area (Å²) in [4.78, 5) is 24.9. The molecule has 0 spiro atoms. The quantitative estimate of drug-likeness (QED) is 0.482. The van der Waals surface area contributed by atoms with Crippen molar-refractivity contribution in [2.24, 2.45) is 7.05 Å². The van der Waals surface area contributed by atoms with Crippen LogP contribution in [-0.4, -0.2) is 18.8 Å². The van der Waals surface area contributed by atoms with Crippen LogP contribution in [0.15, 0.2) is 67.3 Å². The highest BCUT2D eigenvalue weighted by Crippen LogP contribution is 2.22. The van der Waals surface area contributed by atoms with Gasteiger partial charge in [-0.15, -0.1) is 11.3 Å². The van der Waals surface area contributed by atoms with E-state index in [2.05, 4.69) is 4.72 Å². The molecule has 0 aliphatic heterocycles. The number of sulfonamides is 1. The Hall–Kier alpha value is -2.95. The fourth-order valence-electron chi connectivity index (χ4n) is 2.65. The second-order valence-corrected chi connectivity index (χ2v) is 8.89. The minimum atomic E-state index is -3.82. The van der Waals surface area contributed by atoms with E-state index in [1.165, 1.54) is 47.4 Å². The largest absolute Gasteiger partial charge is 0.461 e. The van der Waals surface area contributed by atoms with Crippen molar-refractivity contribution in [1.82, 2.24) is 9.29 Å². The number of hydrogen-bond donors (Lipinski definition) is 1. The fraction of sp³-hybridized carbons (Fsp3) is 0.111. The van der Waals surface area contributed by atoms with Crippen LogP contribution in [0.2, 0.25) is 0 Å². The average Bonchev–Trinajstić information content (AvgIpc) is 3.41. The molecule has 0 unspecified atom stereocenters. The summed E-state index contributed by atoms with van der Waals surface area (Å²) in [6.45, 7) is 0.0286. The Kier molecular flexibility index (Phi) is 4.53. The first-order valence-electron chi connectivity index (χ1n) is 8.11. The molecular weight excluding hydrogens is 404 g/mol. The highest BCUT2D eigenvalue weighted by atomic mass is 32.2. The van der Waals surface area contributed by atoms with E-state index in [0.717, 1.165) is 0 Å². The van der Waals surface area contributed by atoms with E-state index in [1.807, 2.05) is 0 Å². The maximum atomic E-state index is 12.6. The van der Waals surface area contributed by atoms with Crippen LogP contribution in [0.4, 0.5) is 0 Å². The van der Waals surface area contributed by atoms with Crippen molar-refractivity contribution in [1.29, 1.82) is 0 Å². The van der Waals surface area contributed by atoms with Gasteiger partial charge in [-0.2, -0.15) is 0 Å². The van der Waals surface area contributed by atoms with E-state index in [-0.39, 0.29) is 23.0 Å². The summed E-state index contributed by atoms with van der Waals surface area (Å²) in [7, 11) is -2.31. The van der Waals surface area contributed by atoms with Crippen molar-refractivity contribution in [3.05, 3.63) is 74.8 Å². The van der Waals surface area contributed by atoms with E-state index in [1.54, 1.807) is 24.3 Å². The normalized spacial score (nSPS) is 11.9. The van der Waals surface area contributed by atoms with E-state index < -0.39 is 15.8 Å². The van der Waals surface area contributed by atoms with E-state index in [9.17, 15) is 18.0 Å². The lowest BCUT2D eigenvalue weighted by Gasteiger charge is -2.06. The Labute approximate surface area is 163 Å². The van der Waals surface area contributed by atoms with Gasteiger partial charge in [0.2, 0.25) is 15.8 Å². The standard InChI is InChI=1S/C18H14N2O6S2/c1-20-13-9-12(5-6-14(13)26-18(20)22)28(23,24)19-10-11-4-7-16(27-11)17(21)15-3-2-8-25-15/h2-9,19H,10H2,1H3. The third-order valence-corrected chi connectivity index (χ3v) is 6.62. The van der Waals surface area contributed by atoms with Crippen molar-refractivity contribution in [2.75, 3.05) is 0 Å². The lowest BCUT2D eigenvalue weighted by atomic mass is 10.2. The molecule has 144 valence electrons. The van der Waals surface area contributed by atoms with Crippen molar-refractivity contribution >= 4 is 38.2 Å². The zero-order valence-electron chi connectivity index (χ0n) is 14.5. The minimum Gasteiger partial charge on any atom is -0.461 e. The first kappa shape index (κ1) is 18.4. The molecule has 3 heterocycles. The third-order valence-electron chi connectivity index (χ3n) is 4.14. The van der Waals surface area contributed by atoms with Gasteiger partial charge < -0.3 is 8.83 Å². The van der Waals surface area contributed by atoms with Crippen LogP contribution >= 0.6 is 11.3 Å². The van der Waals surface area contributed by atoms with Gasteiger partial charge >= 0.3 is 5.76 Å². The summed E-state index contributed by atoms with van der Waals surface area (Å²) < 4.78 is 39.0. The predicted octanol–water partition coefficient (Wildman–Crippen LogP) is 2.50. The maximum Gasteiger partial charge on any atom is 0.419 e. The number of oxazole rings is 1. The molecule has 0 fully saturated rings. The Morgan fingerprint density at radius 3 is 2.79 bits per heavy atom. The average molecular weight is 418 g/mol. The minimum absolute atomic E-state index is 0.0137. The first-order valence-corrected chi connectivity index (χ1v) is 10.4. The number of carbonyl (C=O) groups is 1. The summed E-state index contributed by atoms with van der Waals surface area (Å²) in [6, 6.07) is 10.7. The maximum absolute atomic E-state index is 12.6. The van der Waals surface area contributed by atoms with Gasteiger partial charge in [0.15, 0.2) is 11.3 Å². The number of nitrogens with zero attached hydrogens (tertiary/aromatic N) is 1. The summed E-state index contributed by atoms with van der Waals surface area (Å²) in [5.41, 5.74) is 0.695. The number of rotatable bonds is 6. The SMILES string of the molecule is Cn1c(=O)oc2ccc(S(=O)(=O)NCc3ccc(C(=O)c4ccco4)s3)cc21. The van der Waals surface area contributed by atoms with Crippen LogP contribution in [0.1, 0.15) is 20.3 Å². The van der Waals surface area contributed by atoms with Gasteiger partial charge in [-0.25, -0.2) is 17.9 Å². The monoisotopic (exact) mass is 418 g/mol. The molecule has 0 radical (unpaired) electrons. The Bertz CT molecular complexity index is 1330. The van der Waals surface area contributed by atoms with Crippen LogP contribution < -0.4 is 10.5 Å². The molecule has 0 saturated heterocycles. The highest BCUT2D eigenvalue weighted by Gasteiger charge is 2.18. The molecule has 0 saturated carbocycles. The van der Waals surface area contributed by atoms with Gasteiger partial charge in [-0.1, -0.05) is 0 Å². The van der Waals surface area contributed by atoms with Crippen LogP contribution in [0.25, 0.3) is 11.1 Å². The second-order valence-electron chi connectivity index (χ2n) is 5.95. The van der Waals surface area contributed by atoms with Crippen molar-refractivity contribution in [2.45, 2.75) is 11.4 Å². The molecule has 10 heteroatoms. The third kappa shape index (κ3) is 3.33. The first-order chi connectivity index (χ1) is 13.3.